The van der Waals surface area contributed by atoms with E-state index in [-0.39, 0.29) is 37.1 Å². The molecule has 4 heterocycles. The minimum Gasteiger partial charge on any atom is -0.481 e. The third kappa shape index (κ3) is 5.05. The number of anilines is 1. The van der Waals surface area contributed by atoms with Crippen LogP contribution in [-0.4, -0.2) is 89.4 Å². The first-order chi connectivity index (χ1) is 16.5. The lowest BCUT2D eigenvalue weighted by molar-refractivity contribution is -0.197. The molecule has 13 nitrogen and oxygen atoms in total. The number of hydrogen-bond acceptors (Lipinski definition) is 9. The van der Waals surface area contributed by atoms with Crippen LogP contribution in [0.5, 0.6) is 0 Å². The molecule has 0 aromatic carbocycles. The predicted octanol–water partition coefficient (Wildman–Crippen LogP) is -0.148. The Morgan fingerprint density at radius 3 is 2.63 bits per heavy atom. The third-order valence-electron chi connectivity index (χ3n) is 6.98. The zero-order chi connectivity index (χ0) is 25.4. The van der Waals surface area contributed by atoms with Crippen molar-refractivity contribution in [2.75, 3.05) is 25.4 Å². The number of ether oxygens (including phenoxy) is 1. The zero-order valence-electron chi connectivity index (χ0n) is 19.8. The lowest BCUT2D eigenvalue weighted by Gasteiger charge is -2.51. The first kappa shape index (κ1) is 24.8. The maximum absolute atomic E-state index is 13.0. The Labute approximate surface area is 201 Å². The topological polar surface area (TPSA) is 186 Å². The lowest BCUT2D eigenvalue weighted by atomic mass is 9.75. The summed E-state index contributed by atoms with van der Waals surface area (Å²) >= 11 is 0. The average Bonchev–Trinajstić information content (AvgIpc) is 3.21. The van der Waals surface area contributed by atoms with Gasteiger partial charge in [0.15, 0.2) is 11.5 Å². The normalized spacial score (nSPS) is 24.9. The molecule has 2 fully saturated rings. The smallest absolute Gasteiger partial charge is 0.303 e. The summed E-state index contributed by atoms with van der Waals surface area (Å²) in [6.45, 7) is 4.03. The molecular weight excluding hydrogens is 458 g/mol. The molecule has 2 amide bonds. The number of nitrogens with zero attached hydrogens (tertiary/aromatic N) is 5. The molecule has 0 aliphatic carbocycles. The van der Waals surface area contributed by atoms with Gasteiger partial charge in [-0.15, -0.1) is 0 Å². The van der Waals surface area contributed by atoms with E-state index in [1.807, 2.05) is 0 Å². The van der Waals surface area contributed by atoms with Crippen molar-refractivity contribution < 1.29 is 29.3 Å². The minimum atomic E-state index is -1.14. The van der Waals surface area contributed by atoms with Crippen LogP contribution in [-0.2, 0) is 19.1 Å². The molecule has 5 N–H and O–H groups in total. The van der Waals surface area contributed by atoms with Crippen molar-refractivity contribution in [1.29, 1.82) is 0 Å². The Morgan fingerprint density at radius 1 is 1.29 bits per heavy atom. The van der Waals surface area contributed by atoms with Crippen molar-refractivity contribution in [3.63, 3.8) is 0 Å². The van der Waals surface area contributed by atoms with E-state index in [4.69, 9.17) is 15.6 Å². The van der Waals surface area contributed by atoms with E-state index >= 15 is 0 Å². The number of aliphatic hydroxyl groups is 1. The van der Waals surface area contributed by atoms with Crippen molar-refractivity contribution in [3.8, 4) is 0 Å². The van der Waals surface area contributed by atoms with E-state index in [2.05, 4.69) is 20.3 Å². The summed E-state index contributed by atoms with van der Waals surface area (Å²) < 4.78 is 8.08. The highest BCUT2D eigenvalue weighted by atomic mass is 16.5. The summed E-state index contributed by atoms with van der Waals surface area (Å²) in [5.41, 5.74) is 5.13. The van der Waals surface area contributed by atoms with E-state index in [0.29, 0.717) is 43.5 Å². The summed E-state index contributed by atoms with van der Waals surface area (Å²) in [4.78, 5) is 49.6. The van der Waals surface area contributed by atoms with Crippen LogP contribution in [0.3, 0.4) is 0 Å². The van der Waals surface area contributed by atoms with E-state index in [0.717, 1.165) is 0 Å². The number of amides is 2. The molecule has 1 spiro atoms. The van der Waals surface area contributed by atoms with E-state index in [9.17, 15) is 19.5 Å². The molecule has 13 heteroatoms. The quantitative estimate of drug-likeness (QED) is 0.425. The molecule has 35 heavy (non-hydrogen) atoms. The van der Waals surface area contributed by atoms with Gasteiger partial charge in [0.25, 0.3) is 0 Å². The summed E-state index contributed by atoms with van der Waals surface area (Å²) in [5, 5.41) is 23.0. The highest BCUT2D eigenvalue weighted by Gasteiger charge is 2.50. The van der Waals surface area contributed by atoms with Crippen molar-refractivity contribution in [2.24, 2.45) is 0 Å². The van der Waals surface area contributed by atoms with Gasteiger partial charge in [0, 0.05) is 32.9 Å². The molecule has 4 rings (SSSR count). The van der Waals surface area contributed by atoms with Gasteiger partial charge >= 0.3 is 5.97 Å². The fraction of sp³-hybridized carbons (Fsp3) is 0.636. The number of nitrogen functional groups attached to an aromatic ring is 1. The number of carboxylic acids is 1. The van der Waals surface area contributed by atoms with Gasteiger partial charge in [-0.2, -0.15) is 0 Å². The molecule has 2 saturated heterocycles. The second kappa shape index (κ2) is 9.38. The molecule has 3 atom stereocenters. The fourth-order valence-corrected chi connectivity index (χ4v) is 5.18. The molecular formula is C22H31N7O6. The van der Waals surface area contributed by atoms with Gasteiger partial charge in [-0.3, -0.25) is 14.4 Å². The number of piperidine rings is 1. The van der Waals surface area contributed by atoms with Crippen molar-refractivity contribution in [3.05, 3.63) is 12.7 Å². The number of carboxylic acid groups (broad SMARTS) is 1. The van der Waals surface area contributed by atoms with E-state index < -0.39 is 29.3 Å². The summed E-state index contributed by atoms with van der Waals surface area (Å²) in [6.07, 6.45) is 4.10. The Hall–Kier alpha value is -3.32. The molecule has 0 saturated carbocycles. The van der Waals surface area contributed by atoms with Crippen LogP contribution in [0.2, 0.25) is 0 Å². The van der Waals surface area contributed by atoms with Crippen molar-refractivity contribution in [2.45, 2.75) is 69.2 Å². The molecule has 190 valence electrons. The number of carbonyl (C=O) groups excluding carboxylic acids is 2. The third-order valence-corrected chi connectivity index (χ3v) is 6.98. The van der Waals surface area contributed by atoms with Gasteiger partial charge in [0.05, 0.1) is 30.2 Å². The molecule has 2 aromatic heterocycles. The number of fused-ring (bicyclic) bond motifs is 1. The van der Waals surface area contributed by atoms with Crippen LogP contribution in [0, 0.1) is 0 Å². The van der Waals surface area contributed by atoms with Gasteiger partial charge in [-0.25, -0.2) is 15.0 Å². The van der Waals surface area contributed by atoms with Gasteiger partial charge in [0.1, 0.15) is 17.9 Å². The lowest BCUT2D eigenvalue weighted by Crippen LogP contribution is -2.59. The van der Waals surface area contributed by atoms with E-state index in [1.54, 1.807) is 22.7 Å². The zero-order valence-corrected chi connectivity index (χ0v) is 19.8. The standard InChI is InChI=1S/C22H31N7O6/c1-13(30)27-14(3-4-16(31)32)20(33)28-7-5-22(6-8-28)10-21(2,34)15(9-35-22)29-12-26-17-18(23)24-11-25-19(17)29/h11-12,14-15,34H,3-10H2,1-2H3,(H,27,30)(H,31,32)(H2,23,24,25)/t14-,15+,21+/m0/s1. The number of imidazole rings is 1. The SMILES string of the molecule is CC(=O)N[C@@H](CCC(=O)O)C(=O)N1CCC2(CC1)C[C@@](C)(O)[C@H](n1cnc3c(N)ncnc31)CO2. The van der Waals surface area contributed by atoms with Crippen LogP contribution >= 0.6 is 0 Å². The second-order valence-electron chi connectivity index (χ2n) is 9.64. The number of rotatable bonds is 6. The fourth-order valence-electron chi connectivity index (χ4n) is 5.18. The Kier molecular flexibility index (Phi) is 6.64. The highest BCUT2D eigenvalue weighted by Crippen LogP contribution is 2.44. The Morgan fingerprint density at radius 2 is 2.00 bits per heavy atom. The number of hydrogen-bond donors (Lipinski definition) is 4. The molecule has 2 aliphatic heterocycles. The van der Waals surface area contributed by atoms with E-state index in [1.165, 1.54) is 13.3 Å². The monoisotopic (exact) mass is 489 g/mol. The van der Waals surface area contributed by atoms with Gasteiger partial charge in [0.2, 0.25) is 11.8 Å². The largest absolute Gasteiger partial charge is 0.481 e. The summed E-state index contributed by atoms with van der Waals surface area (Å²) in [7, 11) is 0. The predicted molar refractivity (Wildman–Crippen MR) is 123 cm³/mol. The van der Waals surface area contributed by atoms with Crippen LogP contribution < -0.4 is 11.1 Å². The number of nitrogens with one attached hydrogen (secondary N) is 1. The summed E-state index contributed by atoms with van der Waals surface area (Å²) in [6, 6.07) is -1.33. The summed E-state index contributed by atoms with van der Waals surface area (Å²) in [5.74, 6) is -1.46. The highest BCUT2D eigenvalue weighted by molar-refractivity contribution is 5.87. The minimum absolute atomic E-state index is 0.0230. The Balaban J connectivity index is 1.43. The van der Waals surface area contributed by atoms with Crippen LogP contribution in [0.1, 0.15) is 52.0 Å². The number of likely N-dealkylation sites (tertiary alicyclic amines) is 1. The van der Waals surface area contributed by atoms with Crippen molar-refractivity contribution >= 4 is 34.8 Å². The average molecular weight is 490 g/mol. The number of aliphatic carboxylic acids is 1. The maximum atomic E-state index is 13.0. The number of nitrogens with two attached hydrogens (primary N) is 1. The van der Waals surface area contributed by atoms with Gasteiger partial charge in [-0.1, -0.05) is 0 Å². The first-order valence-corrected chi connectivity index (χ1v) is 11.6. The van der Waals surface area contributed by atoms with Crippen molar-refractivity contribution in [1.82, 2.24) is 29.7 Å². The molecule has 2 aliphatic rings. The van der Waals surface area contributed by atoms with Crippen LogP contribution in [0.15, 0.2) is 12.7 Å². The second-order valence-corrected chi connectivity index (χ2v) is 9.64. The number of aromatic nitrogens is 4. The van der Waals surface area contributed by atoms with Crippen LogP contribution in [0.25, 0.3) is 11.2 Å². The molecule has 0 unspecified atom stereocenters. The van der Waals surface area contributed by atoms with Gasteiger partial charge in [-0.05, 0) is 26.2 Å². The molecule has 0 bridgehead atoms. The van der Waals surface area contributed by atoms with Gasteiger partial charge < -0.3 is 35.5 Å². The number of carbonyl (C=O) groups is 3. The van der Waals surface area contributed by atoms with Crippen LogP contribution in [0.4, 0.5) is 5.82 Å². The molecule has 0 radical (unpaired) electrons. The molecule has 2 aromatic rings. The Bertz CT molecular complexity index is 1120. The maximum Gasteiger partial charge on any atom is 0.303 e. The first-order valence-electron chi connectivity index (χ1n) is 11.6.